The first-order chi connectivity index (χ1) is 12.5. The average Bonchev–Trinajstić information content (AvgIpc) is 3.30. The quantitative estimate of drug-likeness (QED) is 0.786. The predicted molar refractivity (Wildman–Crippen MR) is 96.8 cm³/mol. The Morgan fingerprint density at radius 3 is 2.85 bits per heavy atom. The van der Waals surface area contributed by atoms with Gasteiger partial charge in [-0.05, 0) is 27.2 Å². The normalized spacial score (nSPS) is 20.3. The summed E-state index contributed by atoms with van der Waals surface area (Å²) >= 11 is 1.58. The summed E-state index contributed by atoms with van der Waals surface area (Å²) in [5.74, 6) is 0.296. The molecule has 2 amide bonds. The minimum Gasteiger partial charge on any atom is -0.361 e. The molecule has 9 heteroatoms. The number of aromatic nitrogens is 2. The van der Waals surface area contributed by atoms with Gasteiger partial charge in [0.25, 0.3) is 5.91 Å². The van der Waals surface area contributed by atoms with E-state index >= 15 is 0 Å². The predicted octanol–water partition coefficient (Wildman–Crippen LogP) is 1.26. The molecule has 0 unspecified atom stereocenters. The van der Waals surface area contributed by atoms with E-state index in [2.05, 4.69) is 25.7 Å². The molecule has 1 saturated heterocycles. The van der Waals surface area contributed by atoms with Crippen molar-refractivity contribution in [3.8, 4) is 0 Å². The molecular weight excluding hydrogens is 354 g/mol. The summed E-state index contributed by atoms with van der Waals surface area (Å²) in [6, 6.07) is 1.20. The van der Waals surface area contributed by atoms with Gasteiger partial charge >= 0.3 is 0 Å². The topological polar surface area (TPSA) is 100 Å². The number of likely N-dealkylation sites (N-methyl/N-ethyl adjacent to an activating group) is 1. The zero-order valence-corrected chi connectivity index (χ0v) is 15.9. The Bertz CT molecular complexity index is 787. The highest BCUT2D eigenvalue weighted by molar-refractivity contribution is 7.09. The van der Waals surface area contributed by atoms with Gasteiger partial charge in [-0.2, -0.15) is 0 Å². The first-order valence-corrected chi connectivity index (χ1v) is 9.50. The van der Waals surface area contributed by atoms with E-state index in [0.717, 1.165) is 10.6 Å². The first kappa shape index (κ1) is 18.5. The number of likely N-dealkylation sites (tertiary alicyclic amines) is 1. The third kappa shape index (κ3) is 4.10. The van der Waals surface area contributed by atoms with Crippen molar-refractivity contribution in [2.24, 2.45) is 0 Å². The molecule has 1 aliphatic heterocycles. The number of carbonyl (C=O) groups excluding carboxylic acids is 2. The summed E-state index contributed by atoms with van der Waals surface area (Å²) in [5, 5.41) is 9.60. The number of amides is 2. The van der Waals surface area contributed by atoms with Crippen molar-refractivity contribution in [1.82, 2.24) is 25.7 Å². The van der Waals surface area contributed by atoms with Crippen LogP contribution in [0.4, 0.5) is 0 Å². The Morgan fingerprint density at radius 1 is 1.42 bits per heavy atom. The van der Waals surface area contributed by atoms with E-state index < -0.39 is 0 Å². The molecule has 0 aromatic carbocycles. The Labute approximate surface area is 156 Å². The highest BCUT2D eigenvalue weighted by Crippen LogP contribution is 2.24. The lowest BCUT2D eigenvalue weighted by molar-refractivity contribution is -0.125. The van der Waals surface area contributed by atoms with E-state index in [1.807, 2.05) is 19.4 Å². The fourth-order valence-electron chi connectivity index (χ4n) is 3.14. The van der Waals surface area contributed by atoms with Gasteiger partial charge in [-0.15, -0.1) is 11.3 Å². The molecule has 2 N–H and O–H groups in total. The third-order valence-electron chi connectivity index (χ3n) is 4.44. The fourth-order valence-corrected chi connectivity index (χ4v) is 3.94. The molecule has 2 aromatic heterocycles. The molecule has 0 aliphatic carbocycles. The van der Waals surface area contributed by atoms with Crippen LogP contribution in [0.2, 0.25) is 0 Å². The van der Waals surface area contributed by atoms with Crippen molar-refractivity contribution in [1.29, 1.82) is 0 Å². The standard InChI is InChI=1S/C17H23N5O3S/c1-4-18-17(24)14-6-12(20-16(23)13-5-10(2)25-21-13)7-22(14)8-15-11(3)19-9-26-15/h5,9,12,14H,4,6-8H2,1-3H3,(H,18,24)(H,20,23)/t12-,14-/m0/s1. The zero-order valence-electron chi connectivity index (χ0n) is 15.1. The summed E-state index contributed by atoms with van der Waals surface area (Å²) in [6.45, 7) is 7.43. The molecule has 3 rings (SSSR count). The maximum atomic E-state index is 12.5. The van der Waals surface area contributed by atoms with Crippen molar-refractivity contribution < 1.29 is 14.1 Å². The van der Waals surface area contributed by atoms with Gasteiger partial charge in [0.2, 0.25) is 5.91 Å². The van der Waals surface area contributed by atoms with Crippen LogP contribution in [-0.4, -0.2) is 52.0 Å². The van der Waals surface area contributed by atoms with Crippen molar-refractivity contribution in [3.05, 3.63) is 33.6 Å². The van der Waals surface area contributed by atoms with E-state index in [4.69, 9.17) is 4.52 Å². The number of carbonyl (C=O) groups is 2. The molecular formula is C17H23N5O3S. The minimum atomic E-state index is -0.280. The molecule has 140 valence electrons. The molecule has 2 atom stereocenters. The number of aryl methyl sites for hydroxylation is 2. The van der Waals surface area contributed by atoms with Crippen LogP contribution in [0.25, 0.3) is 0 Å². The van der Waals surface area contributed by atoms with E-state index in [-0.39, 0.29) is 29.6 Å². The van der Waals surface area contributed by atoms with Crippen LogP contribution in [-0.2, 0) is 11.3 Å². The molecule has 26 heavy (non-hydrogen) atoms. The fraction of sp³-hybridized carbons (Fsp3) is 0.529. The lowest BCUT2D eigenvalue weighted by Crippen LogP contribution is -2.42. The maximum absolute atomic E-state index is 12.5. The molecule has 0 bridgehead atoms. The molecule has 0 radical (unpaired) electrons. The number of hydrogen-bond acceptors (Lipinski definition) is 7. The van der Waals surface area contributed by atoms with Crippen molar-refractivity contribution in [2.45, 2.75) is 45.8 Å². The van der Waals surface area contributed by atoms with Crippen LogP contribution in [0.3, 0.4) is 0 Å². The first-order valence-electron chi connectivity index (χ1n) is 8.62. The monoisotopic (exact) mass is 377 g/mol. The Kier molecular flexibility index (Phi) is 5.67. The van der Waals surface area contributed by atoms with E-state index in [9.17, 15) is 9.59 Å². The zero-order chi connectivity index (χ0) is 18.7. The second-order valence-corrected chi connectivity index (χ2v) is 7.37. The van der Waals surface area contributed by atoms with Crippen molar-refractivity contribution in [2.75, 3.05) is 13.1 Å². The van der Waals surface area contributed by atoms with Gasteiger partial charge < -0.3 is 15.2 Å². The van der Waals surface area contributed by atoms with Crippen molar-refractivity contribution in [3.63, 3.8) is 0 Å². The van der Waals surface area contributed by atoms with Crippen LogP contribution >= 0.6 is 11.3 Å². The van der Waals surface area contributed by atoms with Crippen LogP contribution in [0, 0.1) is 13.8 Å². The Hall–Kier alpha value is -2.26. The highest BCUT2D eigenvalue weighted by Gasteiger charge is 2.37. The average molecular weight is 377 g/mol. The number of thiazole rings is 1. The smallest absolute Gasteiger partial charge is 0.273 e. The largest absolute Gasteiger partial charge is 0.361 e. The van der Waals surface area contributed by atoms with Gasteiger partial charge in [0.05, 0.1) is 17.2 Å². The van der Waals surface area contributed by atoms with Crippen LogP contribution in [0.5, 0.6) is 0 Å². The lowest BCUT2D eigenvalue weighted by atomic mass is 10.1. The van der Waals surface area contributed by atoms with Crippen LogP contribution in [0.1, 0.15) is 40.2 Å². The second-order valence-electron chi connectivity index (χ2n) is 6.43. The Balaban J connectivity index is 1.69. The van der Waals surface area contributed by atoms with Gasteiger partial charge in [-0.1, -0.05) is 5.16 Å². The van der Waals surface area contributed by atoms with E-state index in [1.54, 1.807) is 24.3 Å². The van der Waals surface area contributed by atoms with Gasteiger partial charge in [0, 0.05) is 36.6 Å². The second kappa shape index (κ2) is 7.96. The summed E-state index contributed by atoms with van der Waals surface area (Å²) in [5.41, 5.74) is 3.05. The number of hydrogen-bond donors (Lipinski definition) is 2. The molecule has 3 heterocycles. The van der Waals surface area contributed by atoms with Gasteiger partial charge in [-0.25, -0.2) is 4.98 Å². The summed E-state index contributed by atoms with van der Waals surface area (Å²) < 4.78 is 4.95. The summed E-state index contributed by atoms with van der Waals surface area (Å²) in [4.78, 5) is 32.3. The highest BCUT2D eigenvalue weighted by atomic mass is 32.1. The Morgan fingerprint density at radius 2 is 2.23 bits per heavy atom. The molecule has 1 fully saturated rings. The maximum Gasteiger partial charge on any atom is 0.273 e. The van der Waals surface area contributed by atoms with Crippen molar-refractivity contribution >= 4 is 23.2 Å². The minimum absolute atomic E-state index is 0.0105. The van der Waals surface area contributed by atoms with Gasteiger partial charge in [-0.3, -0.25) is 14.5 Å². The van der Waals surface area contributed by atoms with Gasteiger partial charge in [0.15, 0.2) is 5.69 Å². The molecule has 8 nitrogen and oxygen atoms in total. The number of nitrogens with zero attached hydrogens (tertiary/aromatic N) is 3. The van der Waals surface area contributed by atoms with E-state index in [1.165, 1.54) is 0 Å². The van der Waals surface area contributed by atoms with E-state index in [0.29, 0.717) is 31.8 Å². The van der Waals surface area contributed by atoms with Crippen LogP contribution < -0.4 is 10.6 Å². The molecule has 1 aliphatic rings. The molecule has 0 spiro atoms. The SMILES string of the molecule is CCNC(=O)[C@@H]1C[C@H](NC(=O)c2cc(C)on2)CN1Cc1scnc1C. The summed E-state index contributed by atoms with van der Waals surface area (Å²) in [7, 11) is 0. The number of nitrogens with one attached hydrogen (secondary N) is 2. The van der Waals surface area contributed by atoms with Crippen LogP contribution in [0.15, 0.2) is 16.1 Å². The van der Waals surface area contributed by atoms with Gasteiger partial charge in [0.1, 0.15) is 5.76 Å². The lowest BCUT2D eigenvalue weighted by Gasteiger charge is -2.22. The molecule has 0 saturated carbocycles. The third-order valence-corrected chi connectivity index (χ3v) is 5.36. The summed E-state index contributed by atoms with van der Waals surface area (Å²) in [6.07, 6.45) is 0.562. The number of rotatable bonds is 6. The molecule has 2 aromatic rings.